The summed E-state index contributed by atoms with van der Waals surface area (Å²) in [7, 11) is 3.24. The molecule has 24 nitrogen and oxygen atoms in total. The van der Waals surface area contributed by atoms with Gasteiger partial charge in [0.05, 0.1) is 63.1 Å². The van der Waals surface area contributed by atoms with Gasteiger partial charge in [-0.3, -0.25) is 9.59 Å². The van der Waals surface area contributed by atoms with E-state index < -0.39 is 23.0 Å². The second-order valence-corrected chi connectivity index (χ2v) is 24.7. The van der Waals surface area contributed by atoms with Crippen LogP contribution in [-0.2, 0) is 23.7 Å². The van der Waals surface area contributed by atoms with Crippen LogP contribution in [0.2, 0.25) is 0 Å². The molecule has 27 heteroatoms. The molecule has 4 amide bonds. The molecule has 7 N–H and O–H groups in total. The topological polar surface area (TPSA) is 289 Å². The molecule has 81 heavy (non-hydrogen) atoms. The molecule has 0 spiro atoms. The molecule has 1 unspecified atom stereocenters. The maximum atomic E-state index is 12.8. The lowest BCUT2D eigenvalue weighted by Crippen LogP contribution is -2.54. The molecular weight excluding hydrogens is 1200 g/mol. The number of anilines is 2. The summed E-state index contributed by atoms with van der Waals surface area (Å²) in [5.74, 6) is 2.24. The largest absolute Gasteiger partial charge is 0.480 e. The van der Waals surface area contributed by atoms with Crippen molar-refractivity contribution in [3.05, 3.63) is 62.4 Å². The SMILES string of the molecule is COC1N=C(N2CCOCC2)NC(N[C@@H]2CCCN(C(=O)OC(C)(C)C)C2)=C1I.COc1nc(N2CCOCC2)nc(N[C@@H]2CCCN(C(=O)OC(C)(C)C)C2)c1-c1nc2cc(C(N)=O)ccc2s1.NC(=O)c1ccc2scnc2c1. The van der Waals surface area contributed by atoms with Gasteiger partial charge in [0.15, 0.2) is 6.23 Å². The number of guanidine groups is 1. The number of piperidine rings is 2. The Labute approximate surface area is 492 Å². The maximum absolute atomic E-state index is 12.8. The molecule has 3 atom stereocenters. The summed E-state index contributed by atoms with van der Waals surface area (Å²) < 4.78 is 36.4. The number of fused-ring (bicyclic) bond motifs is 2. The number of aliphatic imine (C=N–C) groups is 1. The Kier molecular flexibility index (Phi) is 20.3. The number of ether oxygens (including phenoxy) is 6. The number of hydrogen-bond donors (Lipinski definition) is 5. The molecule has 0 aliphatic carbocycles. The van der Waals surface area contributed by atoms with E-state index in [4.69, 9.17) is 59.8 Å². The number of benzene rings is 2. The second kappa shape index (κ2) is 27.1. The van der Waals surface area contributed by atoms with Crippen LogP contribution in [0.5, 0.6) is 5.88 Å². The highest BCUT2D eigenvalue weighted by atomic mass is 127. The first-order chi connectivity index (χ1) is 38.6. The van der Waals surface area contributed by atoms with Crippen LogP contribution >= 0.6 is 45.3 Å². The van der Waals surface area contributed by atoms with E-state index in [9.17, 15) is 19.2 Å². The Bertz CT molecular complexity index is 3100. The van der Waals surface area contributed by atoms with Gasteiger partial charge in [-0.1, -0.05) is 0 Å². The fourth-order valence-corrected chi connectivity index (χ4v) is 11.6. The Hall–Kier alpha value is -6.40. The quantitative estimate of drug-likeness (QED) is 0.0904. The predicted octanol–water partition coefficient (Wildman–Crippen LogP) is 6.75. The Morgan fingerprint density at radius 2 is 1.28 bits per heavy atom. The monoisotopic (exact) mass is 1270 g/mol. The van der Waals surface area contributed by atoms with Crippen molar-refractivity contribution < 1.29 is 47.6 Å². The molecule has 5 aliphatic heterocycles. The zero-order valence-electron chi connectivity index (χ0n) is 47.0. The number of amides is 4. The van der Waals surface area contributed by atoms with E-state index in [1.54, 1.807) is 65.1 Å². The molecule has 5 aliphatic rings. The third kappa shape index (κ3) is 16.4. The summed E-state index contributed by atoms with van der Waals surface area (Å²) in [6, 6.07) is 10.5. The van der Waals surface area contributed by atoms with E-state index in [0.29, 0.717) is 104 Å². The van der Waals surface area contributed by atoms with Crippen LogP contribution in [0, 0.1) is 0 Å². The molecule has 438 valence electrons. The Morgan fingerprint density at radius 3 is 1.84 bits per heavy atom. The van der Waals surface area contributed by atoms with E-state index in [-0.39, 0.29) is 30.5 Å². The van der Waals surface area contributed by atoms with Gasteiger partial charge >= 0.3 is 12.2 Å². The van der Waals surface area contributed by atoms with Gasteiger partial charge in [-0.2, -0.15) is 9.97 Å². The lowest BCUT2D eigenvalue weighted by molar-refractivity contribution is 0.0185. The minimum Gasteiger partial charge on any atom is -0.480 e. The number of likely N-dealkylation sites (tertiary alicyclic amines) is 2. The fraction of sp³-hybridized carbons (Fsp3) is 0.537. The zero-order valence-corrected chi connectivity index (χ0v) is 50.8. The molecule has 0 bridgehead atoms. The van der Waals surface area contributed by atoms with Crippen molar-refractivity contribution in [2.75, 3.05) is 103 Å². The molecule has 4 fully saturated rings. The van der Waals surface area contributed by atoms with Crippen molar-refractivity contribution >= 4 is 107 Å². The van der Waals surface area contributed by atoms with Gasteiger partial charge in [-0.15, -0.1) is 22.7 Å². The highest BCUT2D eigenvalue weighted by Crippen LogP contribution is 2.41. The normalized spacial score (nSPS) is 19.8. The lowest BCUT2D eigenvalue weighted by Gasteiger charge is -2.38. The molecule has 10 rings (SSSR count). The highest BCUT2D eigenvalue weighted by Gasteiger charge is 2.33. The van der Waals surface area contributed by atoms with E-state index in [1.807, 2.05) is 53.7 Å². The molecule has 8 heterocycles. The van der Waals surface area contributed by atoms with Gasteiger partial charge in [0.1, 0.15) is 33.4 Å². The first kappa shape index (κ1) is 60.7. The van der Waals surface area contributed by atoms with E-state index in [0.717, 1.165) is 75.6 Å². The number of nitrogens with zero attached hydrogens (tertiary/aromatic N) is 9. The van der Waals surface area contributed by atoms with Gasteiger partial charge in [0.25, 0.3) is 0 Å². The first-order valence-electron chi connectivity index (χ1n) is 26.9. The Morgan fingerprint density at radius 1 is 0.728 bits per heavy atom. The average Bonchev–Trinajstić information content (AvgIpc) is 4.33. The lowest BCUT2D eigenvalue weighted by atomic mass is 10.1. The van der Waals surface area contributed by atoms with Crippen molar-refractivity contribution in [1.82, 2.24) is 45.3 Å². The number of morpholine rings is 2. The molecule has 5 aromatic rings. The Balaban J connectivity index is 0.000000182. The number of aromatic nitrogens is 4. The third-order valence-corrected chi connectivity index (χ3v) is 16.1. The van der Waals surface area contributed by atoms with E-state index in [1.165, 1.54) is 11.3 Å². The van der Waals surface area contributed by atoms with E-state index >= 15 is 0 Å². The van der Waals surface area contributed by atoms with Gasteiger partial charge < -0.3 is 75.4 Å². The molecule has 3 aromatic heterocycles. The fourth-order valence-electron chi connectivity index (χ4n) is 9.24. The number of nitrogens with one attached hydrogen (secondary N) is 3. The number of carbonyl (C=O) groups is 4. The third-order valence-electron chi connectivity index (χ3n) is 13.2. The number of thiazole rings is 2. The van der Waals surface area contributed by atoms with Crippen LogP contribution in [0.15, 0.2) is 56.3 Å². The number of nitrogens with two attached hydrogens (primary N) is 2. The molecule has 2 aromatic carbocycles. The van der Waals surface area contributed by atoms with Crippen LogP contribution in [0.25, 0.3) is 31.0 Å². The zero-order chi connectivity index (χ0) is 58.0. The van der Waals surface area contributed by atoms with Gasteiger partial charge in [0.2, 0.25) is 29.6 Å². The average molecular weight is 1270 g/mol. The van der Waals surface area contributed by atoms with Crippen molar-refractivity contribution in [3.63, 3.8) is 0 Å². The van der Waals surface area contributed by atoms with Crippen LogP contribution in [-0.4, -0.2) is 187 Å². The number of hydrogen-bond acceptors (Lipinski definition) is 22. The summed E-state index contributed by atoms with van der Waals surface area (Å²) in [5, 5.41) is 11.2. The van der Waals surface area contributed by atoms with Crippen molar-refractivity contribution in [2.24, 2.45) is 16.5 Å². The van der Waals surface area contributed by atoms with Crippen LogP contribution in [0.3, 0.4) is 0 Å². The van der Waals surface area contributed by atoms with Crippen LogP contribution in [0.1, 0.15) is 87.9 Å². The number of methoxy groups -OCH3 is 2. The van der Waals surface area contributed by atoms with E-state index in [2.05, 4.69) is 53.3 Å². The minimum absolute atomic E-state index is 0.0759. The molecular formula is C54H73IN14O10S2. The number of carbonyl (C=O) groups excluding carboxylic acids is 4. The van der Waals surface area contributed by atoms with Gasteiger partial charge in [-0.05, 0) is 126 Å². The highest BCUT2D eigenvalue weighted by molar-refractivity contribution is 14.1. The second-order valence-electron chi connectivity index (χ2n) is 21.6. The smallest absolute Gasteiger partial charge is 0.410 e. The van der Waals surface area contributed by atoms with Crippen LogP contribution in [0.4, 0.5) is 21.4 Å². The molecule has 4 saturated heterocycles. The number of halogens is 1. The van der Waals surface area contributed by atoms with Gasteiger partial charge in [0, 0.05) is 82.7 Å². The summed E-state index contributed by atoms with van der Waals surface area (Å²) in [4.78, 5) is 78.8. The summed E-state index contributed by atoms with van der Waals surface area (Å²) in [6.45, 7) is 19.1. The van der Waals surface area contributed by atoms with Gasteiger partial charge in [-0.25, -0.2) is 24.5 Å². The molecule has 0 saturated carbocycles. The first-order valence-corrected chi connectivity index (χ1v) is 29.6. The predicted molar refractivity (Wildman–Crippen MR) is 320 cm³/mol. The summed E-state index contributed by atoms with van der Waals surface area (Å²) >= 11 is 5.26. The van der Waals surface area contributed by atoms with Crippen molar-refractivity contribution in [1.29, 1.82) is 0 Å². The standard InChI is InChI=1S/C27H35N7O5S.C19H32IN5O4.C8H6N2OS/c1-27(2,3)39-26(36)34-9-5-6-17(15-34)29-22-20(23(37-4)32-25(31-22)33-10-12-38-13-11-33)24-30-18-14-16(21(28)35)7-8-19(18)40-24;1-19(2,3)29-18(26)25-7-5-6-13(12-25)21-15-14(20)16(27-4)23-17(22-15)24-8-10-28-11-9-24;9-8(11)5-1-2-7-6(3-5)10-4-12-7/h7-8,14,17H,5-6,9-13,15H2,1-4H3,(H2,28,35)(H,29,31,32);13,16,21H,5-12H2,1-4H3,(H,22,23);1-4H,(H2,9,11)/t17-;13-,16?;/m11./s1. The minimum atomic E-state index is -0.571. The van der Waals surface area contributed by atoms with Crippen LogP contribution < -0.4 is 37.1 Å². The van der Waals surface area contributed by atoms with Crippen molar-refractivity contribution in [2.45, 2.75) is 96.7 Å². The molecule has 0 radical (unpaired) electrons. The van der Waals surface area contributed by atoms with Crippen molar-refractivity contribution in [3.8, 4) is 16.5 Å². The summed E-state index contributed by atoms with van der Waals surface area (Å²) in [6.07, 6.45) is 2.65. The maximum Gasteiger partial charge on any atom is 0.410 e. The summed E-state index contributed by atoms with van der Waals surface area (Å²) in [5.41, 5.74) is 14.3. The number of primary amides is 2. The number of rotatable bonds is 10.